The highest BCUT2D eigenvalue weighted by Gasteiger charge is 2.42. The van der Waals surface area contributed by atoms with E-state index in [2.05, 4.69) is 112 Å². The van der Waals surface area contributed by atoms with Gasteiger partial charge in [0, 0.05) is 71.4 Å². The van der Waals surface area contributed by atoms with Crippen molar-refractivity contribution < 1.29 is 70.6 Å². The van der Waals surface area contributed by atoms with Crippen LogP contribution in [0.25, 0.3) is 16.7 Å². The van der Waals surface area contributed by atoms with Gasteiger partial charge in [-0.1, -0.05) is 17.9 Å². The van der Waals surface area contributed by atoms with Crippen molar-refractivity contribution in [1.82, 2.24) is 19.4 Å². The molecule has 0 bridgehead atoms. The first-order valence-electron chi connectivity index (χ1n) is 23.4. The summed E-state index contributed by atoms with van der Waals surface area (Å²) < 4.78 is 62.9. The van der Waals surface area contributed by atoms with Crippen LogP contribution in [0.3, 0.4) is 0 Å². The first kappa shape index (κ1) is 54.2. The number of aromatic carboxylic acids is 1. The summed E-state index contributed by atoms with van der Waals surface area (Å²) in [6, 6.07) is 12.5. The van der Waals surface area contributed by atoms with Gasteiger partial charge in [-0.3, -0.25) is 13.9 Å². The fourth-order valence-electron chi connectivity index (χ4n) is 10.2. The summed E-state index contributed by atoms with van der Waals surface area (Å²) in [4.78, 5) is 83.0. The average molecular weight is 1080 g/mol. The summed E-state index contributed by atoms with van der Waals surface area (Å²) in [6.07, 6.45) is 4.00. The number of likely N-dealkylation sites (N-methyl/N-ethyl adjacent to an activating group) is 2. The molecular weight excluding hydrogens is 1020 g/mol. The van der Waals surface area contributed by atoms with Crippen LogP contribution in [0.4, 0.5) is 11.5 Å². The molecule has 0 saturated carbocycles. The molecule has 74 heavy (non-hydrogen) atoms. The molecule has 4 aliphatic rings. The molecule has 1 fully saturated rings. The van der Waals surface area contributed by atoms with Gasteiger partial charge in [-0.05, 0) is 108 Å². The third-order valence-electron chi connectivity index (χ3n) is 13.1. The summed E-state index contributed by atoms with van der Waals surface area (Å²) in [5.41, 5.74) is 11.3. The van der Waals surface area contributed by atoms with Gasteiger partial charge < -0.3 is 50.1 Å². The fourth-order valence-corrected chi connectivity index (χ4v) is 13.3. The van der Waals surface area contributed by atoms with Crippen molar-refractivity contribution >= 4 is 63.6 Å². The maximum atomic E-state index is 14.0. The number of nitrogens with two attached hydrogens (primary N) is 1. The highest BCUT2D eigenvalue weighted by molar-refractivity contribution is 7.66. The topological polar surface area (TPSA) is 312 Å². The number of nitrogens with one attached hydrogen (secondary N) is 1. The second kappa shape index (κ2) is 19.9. The van der Waals surface area contributed by atoms with Crippen molar-refractivity contribution in [3.63, 3.8) is 0 Å². The number of hydrogen-bond donors (Lipinski definition) is 7. The van der Waals surface area contributed by atoms with E-state index in [1.165, 1.54) is 18.3 Å². The van der Waals surface area contributed by atoms with Crippen LogP contribution in [0.1, 0.15) is 123 Å². The number of carbonyl (C=O) groups excluding carboxylic acids is 1. The summed E-state index contributed by atoms with van der Waals surface area (Å²) >= 11 is 0. The number of carboxylic acids is 1. The number of amides is 1. The Morgan fingerprint density at radius 3 is 2.31 bits per heavy atom. The number of nitrogen functional groups attached to an aromatic ring is 1. The molecule has 3 aromatic carbocycles. The molecule has 0 aliphatic carbocycles. The zero-order valence-electron chi connectivity index (χ0n) is 41.6. The monoisotopic (exact) mass is 1080 g/mol. The van der Waals surface area contributed by atoms with E-state index in [1.54, 1.807) is 6.07 Å². The van der Waals surface area contributed by atoms with E-state index in [-0.39, 0.29) is 53.0 Å². The lowest BCUT2D eigenvalue weighted by atomic mass is 9.83. The number of carboxylic acid groups (broad SMARTS) is 1. The molecule has 5 heterocycles. The normalized spacial score (nSPS) is 20.0. The highest BCUT2D eigenvalue weighted by atomic mass is 31.3. The molecule has 2 unspecified atom stereocenters. The lowest BCUT2D eigenvalue weighted by Gasteiger charge is -2.43. The minimum atomic E-state index is -5.73. The number of anilines is 2. The number of fused-ring (bicyclic) bond motifs is 4. The molecule has 4 atom stereocenters. The van der Waals surface area contributed by atoms with Gasteiger partial charge in [0.05, 0.1) is 42.0 Å². The van der Waals surface area contributed by atoms with Crippen molar-refractivity contribution in [1.29, 1.82) is 0 Å². The van der Waals surface area contributed by atoms with E-state index in [0.717, 1.165) is 37.9 Å². The van der Waals surface area contributed by atoms with Crippen LogP contribution in [0.15, 0.2) is 65.6 Å². The molecule has 4 aliphatic heterocycles. The van der Waals surface area contributed by atoms with Crippen LogP contribution in [0.5, 0.6) is 11.5 Å². The third kappa shape index (κ3) is 11.0. The predicted molar refractivity (Wildman–Crippen MR) is 273 cm³/mol. The number of ether oxygens (including phenoxy) is 2. The maximum Gasteiger partial charge on any atom is 0.490 e. The molecule has 1 aromatic heterocycles. The number of carbonyl (C=O) groups is 2. The SMILES string of the molecule is CCN1c2cc3c(cc2C(C)=CC1(C)C)C(c1cc(C(=O)NCC#Cc2cn([C@H]4CC[C@@H](COP(=O)(O)OP(=O)(O)OP(=O)(O)O)O4)c(=O)nc2N)ccc1C(=O)O)=c1cc2c(cc1O3)=[N+](CC)C(C)(C)C=C2C. The molecule has 1 saturated heterocycles. The Balaban J connectivity index is 1.09. The van der Waals surface area contributed by atoms with Crippen molar-refractivity contribution in [2.24, 2.45) is 0 Å². The molecule has 0 radical (unpaired) electrons. The molecule has 392 valence electrons. The first-order valence-corrected chi connectivity index (χ1v) is 27.9. The number of allylic oxidation sites excluding steroid dienone is 2. The summed E-state index contributed by atoms with van der Waals surface area (Å²) in [6.45, 7) is 17.4. The molecule has 4 aromatic rings. The zero-order chi connectivity index (χ0) is 54.0. The third-order valence-corrected chi connectivity index (χ3v) is 16.9. The van der Waals surface area contributed by atoms with Gasteiger partial charge in [-0.2, -0.15) is 13.6 Å². The van der Waals surface area contributed by atoms with Gasteiger partial charge in [0.25, 0.3) is 5.91 Å². The smallest absolute Gasteiger partial charge is 0.478 e. The van der Waals surface area contributed by atoms with Crippen LogP contribution in [0, 0.1) is 11.8 Å². The van der Waals surface area contributed by atoms with Crippen molar-refractivity contribution in [2.75, 3.05) is 36.9 Å². The maximum absolute atomic E-state index is 14.0. The van der Waals surface area contributed by atoms with Gasteiger partial charge in [0.1, 0.15) is 30.1 Å². The van der Waals surface area contributed by atoms with Crippen LogP contribution >= 0.6 is 23.5 Å². The van der Waals surface area contributed by atoms with Crippen LogP contribution < -0.4 is 41.5 Å². The van der Waals surface area contributed by atoms with E-state index >= 15 is 0 Å². The summed E-state index contributed by atoms with van der Waals surface area (Å²) in [7, 11) is -16.7. The van der Waals surface area contributed by atoms with Gasteiger partial charge in [0.2, 0.25) is 5.36 Å². The molecule has 1 amide bonds. The predicted octanol–water partition coefficient (Wildman–Crippen LogP) is 5.41. The van der Waals surface area contributed by atoms with Crippen LogP contribution in [-0.4, -0.2) is 89.5 Å². The zero-order valence-corrected chi connectivity index (χ0v) is 44.3. The van der Waals surface area contributed by atoms with Crippen molar-refractivity contribution in [3.05, 3.63) is 121 Å². The van der Waals surface area contributed by atoms with Gasteiger partial charge in [-0.25, -0.2) is 27.9 Å². The number of hydrogen-bond acceptors (Lipinski definition) is 14. The second-order valence-corrected chi connectivity index (χ2v) is 23.5. The largest absolute Gasteiger partial charge is 0.490 e. The standard InChI is InChI=1S/C49H55N6O16P3/c1-9-54-38-21-40-36(19-33(38)27(3)23-48(54,5)6)43(37-20-34-28(4)24-49(7,8)55(10-2)39(34)22-41(37)69-40)35-18-29(13-15-32(35)46(57)58)45(56)51-17-11-12-30-25-53(47(59)52-44(30)50)42-16-14-31(68-42)26-67-73(63,64)71-74(65,66)70-72(60,61)62/h13,15,18-25,31,42H,9-10,14,16-17,26H2,1-8H3,(H7-,50,51,52,56,57,58,59,60,61,62,63,64,65,66)/p+1/t31-,42+/m0/s1. The number of aromatic nitrogens is 2. The molecule has 22 nitrogen and oxygen atoms in total. The Bertz CT molecular complexity index is 3530. The number of nitrogens with zero attached hydrogens (tertiary/aromatic N) is 4. The number of benzene rings is 3. The molecule has 8 rings (SSSR count). The number of phosphoric ester groups is 1. The quantitative estimate of drug-likeness (QED) is 0.0415. The van der Waals surface area contributed by atoms with E-state index in [1.807, 2.05) is 24.3 Å². The Labute approximate surface area is 424 Å². The van der Waals surface area contributed by atoms with E-state index in [9.17, 15) is 43.0 Å². The number of phosphoric acid groups is 3. The van der Waals surface area contributed by atoms with Crippen molar-refractivity contribution in [3.8, 4) is 23.3 Å². The lowest BCUT2D eigenvalue weighted by Crippen LogP contribution is -2.49. The summed E-state index contributed by atoms with van der Waals surface area (Å²) in [5.74, 6) is 4.66. The molecular formula is C49H56N6O16P3+. The minimum Gasteiger partial charge on any atom is -0.478 e. The fraction of sp³-hybridized carbons (Fsp3) is 0.367. The van der Waals surface area contributed by atoms with Crippen LogP contribution in [0.2, 0.25) is 0 Å². The Morgan fingerprint density at radius 2 is 1.64 bits per heavy atom. The Kier molecular flexibility index (Phi) is 14.6. The van der Waals surface area contributed by atoms with Gasteiger partial charge >= 0.3 is 35.1 Å². The molecule has 0 spiro atoms. The second-order valence-electron chi connectivity index (χ2n) is 19.1. The van der Waals surface area contributed by atoms with Crippen molar-refractivity contribution in [2.45, 2.75) is 91.6 Å². The minimum absolute atomic E-state index is 0.0345. The Morgan fingerprint density at radius 1 is 0.919 bits per heavy atom. The van der Waals surface area contributed by atoms with E-state index < -0.39 is 60.0 Å². The van der Waals surface area contributed by atoms with Crippen LogP contribution in [-0.2, 0) is 31.6 Å². The average Bonchev–Trinajstić information content (AvgIpc) is 3.76. The van der Waals surface area contributed by atoms with E-state index in [0.29, 0.717) is 46.5 Å². The lowest BCUT2D eigenvalue weighted by molar-refractivity contribution is -0.0242. The summed E-state index contributed by atoms with van der Waals surface area (Å²) in [5, 5.41) is 15.2. The highest BCUT2D eigenvalue weighted by Crippen LogP contribution is 2.66. The Hall–Kier alpha value is -6.04. The van der Waals surface area contributed by atoms with Gasteiger partial charge in [0.15, 0.2) is 5.54 Å². The molecule has 25 heteroatoms. The first-order chi connectivity index (χ1) is 34.5. The van der Waals surface area contributed by atoms with Gasteiger partial charge in [-0.15, -0.1) is 0 Å². The molecule has 8 N–H and O–H groups in total. The van der Waals surface area contributed by atoms with E-state index in [4.69, 9.17) is 25.0 Å². The number of rotatable bonds is 14.